The first-order valence-electron chi connectivity index (χ1n) is 8.26. The molecule has 0 unspecified atom stereocenters. The average molecular weight is 339 g/mol. The summed E-state index contributed by atoms with van der Waals surface area (Å²) >= 11 is 1.67. The largest absolute Gasteiger partial charge is 0.265 e. The van der Waals surface area contributed by atoms with Crippen molar-refractivity contribution in [3.63, 3.8) is 0 Å². The van der Waals surface area contributed by atoms with E-state index in [4.69, 9.17) is 0 Å². The summed E-state index contributed by atoms with van der Waals surface area (Å²) in [4.78, 5) is 4.04. The van der Waals surface area contributed by atoms with Crippen molar-refractivity contribution < 1.29 is 0 Å². The molecular formula is C18H21N5S. The predicted molar refractivity (Wildman–Crippen MR) is 96.4 cm³/mol. The van der Waals surface area contributed by atoms with Gasteiger partial charge >= 0.3 is 0 Å². The lowest BCUT2D eigenvalue weighted by Crippen LogP contribution is -2.00. The lowest BCUT2D eigenvalue weighted by molar-refractivity contribution is 0.754. The highest BCUT2D eigenvalue weighted by molar-refractivity contribution is 7.99. The van der Waals surface area contributed by atoms with E-state index in [1.807, 2.05) is 24.5 Å². The van der Waals surface area contributed by atoms with Crippen LogP contribution in [0.1, 0.15) is 30.9 Å². The Morgan fingerprint density at radius 2 is 1.71 bits per heavy atom. The van der Waals surface area contributed by atoms with Gasteiger partial charge in [-0.1, -0.05) is 37.2 Å². The zero-order chi connectivity index (χ0) is 16.6. The number of unbranched alkanes of at least 4 members (excludes halogenated alkanes) is 1. The van der Waals surface area contributed by atoms with Crippen LogP contribution in [-0.4, -0.2) is 30.9 Å². The van der Waals surface area contributed by atoms with Crippen molar-refractivity contribution in [2.24, 2.45) is 0 Å². The van der Waals surface area contributed by atoms with E-state index in [9.17, 15) is 0 Å². The molecule has 0 aliphatic carbocycles. The van der Waals surface area contributed by atoms with Crippen molar-refractivity contribution in [1.82, 2.24) is 25.2 Å². The van der Waals surface area contributed by atoms with Gasteiger partial charge in [0.2, 0.25) is 5.16 Å². The number of thioether (sulfide) groups is 1. The van der Waals surface area contributed by atoms with E-state index in [2.05, 4.69) is 51.7 Å². The summed E-state index contributed by atoms with van der Waals surface area (Å²) in [6.45, 7) is 2.21. The van der Waals surface area contributed by atoms with Gasteiger partial charge in [-0.25, -0.2) is 0 Å². The fourth-order valence-corrected chi connectivity index (χ4v) is 3.30. The van der Waals surface area contributed by atoms with Gasteiger partial charge in [0.05, 0.1) is 5.69 Å². The van der Waals surface area contributed by atoms with Crippen LogP contribution in [0.25, 0.3) is 5.69 Å². The Morgan fingerprint density at radius 1 is 0.958 bits per heavy atom. The third-order valence-electron chi connectivity index (χ3n) is 3.81. The van der Waals surface area contributed by atoms with Gasteiger partial charge in [0.15, 0.2) is 0 Å². The molecule has 0 radical (unpaired) electrons. The van der Waals surface area contributed by atoms with Crippen molar-refractivity contribution in [3.8, 4) is 5.69 Å². The Labute approximate surface area is 146 Å². The quantitative estimate of drug-likeness (QED) is 0.585. The third-order valence-corrected chi connectivity index (χ3v) is 4.73. The maximum absolute atomic E-state index is 4.15. The summed E-state index contributed by atoms with van der Waals surface area (Å²) in [5.74, 6) is 0.930. The smallest absolute Gasteiger partial charge is 0.214 e. The van der Waals surface area contributed by atoms with Gasteiger partial charge in [0, 0.05) is 18.1 Å². The SMILES string of the molecule is CCCCc1ccc(-n2nnnc2SCCc2ccncc2)cc1. The molecule has 0 aliphatic rings. The highest BCUT2D eigenvalue weighted by atomic mass is 32.2. The first-order valence-corrected chi connectivity index (χ1v) is 9.25. The van der Waals surface area contributed by atoms with Crippen LogP contribution in [0.15, 0.2) is 53.9 Å². The number of nitrogens with zero attached hydrogens (tertiary/aromatic N) is 5. The second-order valence-corrected chi connectivity index (χ2v) is 6.66. The third kappa shape index (κ3) is 4.41. The van der Waals surface area contributed by atoms with E-state index in [1.165, 1.54) is 24.0 Å². The molecule has 5 nitrogen and oxygen atoms in total. The van der Waals surface area contributed by atoms with Crippen molar-refractivity contribution >= 4 is 11.8 Å². The molecule has 0 spiro atoms. The molecule has 3 rings (SSSR count). The molecule has 0 fully saturated rings. The Morgan fingerprint density at radius 3 is 2.46 bits per heavy atom. The van der Waals surface area contributed by atoms with Crippen molar-refractivity contribution in [2.45, 2.75) is 37.8 Å². The number of rotatable bonds is 8. The van der Waals surface area contributed by atoms with Crippen molar-refractivity contribution in [3.05, 3.63) is 59.9 Å². The summed E-state index contributed by atoms with van der Waals surface area (Å²) < 4.78 is 1.81. The van der Waals surface area contributed by atoms with E-state index in [0.29, 0.717) is 0 Å². The van der Waals surface area contributed by atoms with Gasteiger partial charge < -0.3 is 0 Å². The number of benzene rings is 1. The molecule has 0 aliphatic heterocycles. The maximum atomic E-state index is 4.15. The minimum atomic E-state index is 0.824. The van der Waals surface area contributed by atoms with Crippen LogP contribution >= 0.6 is 11.8 Å². The zero-order valence-corrected chi connectivity index (χ0v) is 14.6. The van der Waals surface area contributed by atoms with Crippen LogP contribution in [0, 0.1) is 0 Å². The number of hydrogen-bond donors (Lipinski definition) is 0. The number of hydrogen-bond acceptors (Lipinski definition) is 5. The van der Waals surface area contributed by atoms with Gasteiger partial charge in [-0.05, 0) is 65.1 Å². The van der Waals surface area contributed by atoms with Crippen LogP contribution in [0.4, 0.5) is 0 Å². The van der Waals surface area contributed by atoms with Gasteiger partial charge in [-0.3, -0.25) is 4.98 Å². The summed E-state index contributed by atoms with van der Waals surface area (Å²) in [7, 11) is 0. The predicted octanol–water partition coefficient (Wildman–Crippen LogP) is 3.73. The van der Waals surface area contributed by atoms with Crippen molar-refractivity contribution in [2.75, 3.05) is 5.75 Å². The lowest BCUT2D eigenvalue weighted by atomic mass is 10.1. The molecule has 0 bridgehead atoms. The second kappa shape index (κ2) is 8.59. The minimum Gasteiger partial charge on any atom is -0.265 e. The summed E-state index contributed by atoms with van der Waals surface area (Å²) in [6, 6.07) is 12.6. The zero-order valence-electron chi connectivity index (χ0n) is 13.8. The van der Waals surface area contributed by atoms with Gasteiger partial charge in [0.25, 0.3) is 0 Å². The van der Waals surface area contributed by atoms with E-state index < -0.39 is 0 Å². The molecule has 2 aromatic heterocycles. The van der Waals surface area contributed by atoms with Crippen LogP contribution in [0.2, 0.25) is 0 Å². The van der Waals surface area contributed by atoms with E-state index in [0.717, 1.165) is 29.4 Å². The fourth-order valence-electron chi connectivity index (χ4n) is 2.43. The lowest BCUT2D eigenvalue weighted by Gasteiger charge is -2.06. The Balaban J connectivity index is 1.62. The van der Waals surface area contributed by atoms with Gasteiger partial charge in [-0.15, -0.1) is 5.10 Å². The molecule has 3 aromatic rings. The molecule has 0 saturated carbocycles. The van der Waals surface area contributed by atoms with E-state index in [1.54, 1.807) is 16.4 Å². The molecule has 0 saturated heterocycles. The monoisotopic (exact) mass is 339 g/mol. The van der Waals surface area contributed by atoms with Crippen LogP contribution in [0.3, 0.4) is 0 Å². The van der Waals surface area contributed by atoms with E-state index in [-0.39, 0.29) is 0 Å². The van der Waals surface area contributed by atoms with Crippen molar-refractivity contribution in [1.29, 1.82) is 0 Å². The van der Waals surface area contributed by atoms with E-state index >= 15 is 0 Å². The van der Waals surface area contributed by atoms with Crippen LogP contribution in [0.5, 0.6) is 0 Å². The Hall–Kier alpha value is -2.21. The topological polar surface area (TPSA) is 56.5 Å². The average Bonchev–Trinajstić information content (AvgIpc) is 3.10. The highest BCUT2D eigenvalue weighted by Crippen LogP contribution is 2.20. The highest BCUT2D eigenvalue weighted by Gasteiger charge is 2.09. The van der Waals surface area contributed by atoms with Gasteiger partial charge in [0.1, 0.15) is 0 Å². The molecule has 0 atom stereocenters. The molecule has 124 valence electrons. The number of tetrazole rings is 1. The van der Waals surface area contributed by atoms with Gasteiger partial charge in [-0.2, -0.15) is 4.68 Å². The molecule has 6 heteroatoms. The summed E-state index contributed by atoms with van der Waals surface area (Å²) in [5.41, 5.74) is 3.64. The summed E-state index contributed by atoms with van der Waals surface area (Å²) in [6.07, 6.45) is 8.18. The number of pyridine rings is 1. The number of aryl methyl sites for hydroxylation is 2. The second-order valence-electron chi connectivity index (χ2n) is 5.60. The maximum Gasteiger partial charge on any atom is 0.214 e. The Kier molecular flexibility index (Phi) is 5.96. The molecule has 2 heterocycles. The minimum absolute atomic E-state index is 0.824. The fraction of sp³-hybridized carbons (Fsp3) is 0.333. The molecule has 24 heavy (non-hydrogen) atoms. The number of aromatic nitrogens is 5. The molecular weight excluding hydrogens is 318 g/mol. The van der Waals surface area contributed by atoms with Crippen LogP contribution in [-0.2, 0) is 12.8 Å². The molecule has 1 aromatic carbocycles. The molecule has 0 N–H and O–H groups in total. The summed E-state index contributed by atoms with van der Waals surface area (Å²) in [5, 5.41) is 12.9. The standard InChI is InChI=1S/C18H21N5S/c1-2-3-4-15-5-7-17(8-6-15)23-18(20-21-22-23)24-14-11-16-9-12-19-13-10-16/h5-10,12-13H,2-4,11,14H2,1H3. The van der Waals surface area contributed by atoms with Crippen LogP contribution < -0.4 is 0 Å². The molecule has 0 amide bonds. The first-order chi connectivity index (χ1) is 11.9. The Bertz CT molecular complexity index is 740. The first kappa shape index (κ1) is 16.6. The normalized spacial score (nSPS) is 10.9.